The molecule has 1 amide bonds. The maximum Gasteiger partial charge on any atom is 0.257 e. The molecular formula is C16H13Cl2N3O3. The zero-order valence-corrected chi connectivity index (χ0v) is 13.8. The molecule has 0 spiro atoms. The third-order valence-electron chi connectivity index (χ3n) is 3.08. The highest BCUT2D eigenvalue weighted by atomic mass is 35.5. The lowest BCUT2D eigenvalue weighted by molar-refractivity contribution is 0.0806. The third-order valence-corrected chi connectivity index (χ3v) is 3.63. The fourth-order valence-electron chi connectivity index (χ4n) is 1.90. The molecular weight excluding hydrogens is 353 g/mol. The van der Waals surface area contributed by atoms with Crippen molar-refractivity contribution in [2.24, 2.45) is 0 Å². The van der Waals surface area contributed by atoms with Gasteiger partial charge in [-0.1, -0.05) is 23.2 Å². The standard InChI is InChI=1S/C16H13Cl2N3O3/c17-10-2-4-14(22)11(6-10)16(24)21-15(23)8-20-13-3-1-9(7-19)5-12(13)18/h1-6,15,20,22-23H,8H2,(H,21,24). The number of carbonyl (C=O) groups is 1. The number of nitrogens with one attached hydrogen (secondary N) is 2. The van der Waals surface area contributed by atoms with E-state index in [1.165, 1.54) is 24.3 Å². The van der Waals surface area contributed by atoms with Gasteiger partial charge in [-0.2, -0.15) is 5.26 Å². The van der Waals surface area contributed by atoms with Gasteiger partial charge in [-0.25, -0.2) is 0 Å². The number of nitrogens with zero attached hydrogens (tertiary/aromatic N) is 1. The molecule has 0 heterocycles. The maximum atomic E-state index is 12.0. The molecule has 6 nitrogen and oxygen atoms in total. The highest BCUT2D eigenvalue weighted by Gasteiger charge is 2.15. The number of anilines is 1. The SMILES string of the molecule is N#Cc1ccc(NCC(O)NC(=O)c2cc(Cl)ccc2O)c(Cl)c1. The van der Waals surface area contributed by atoms with E-state index >= 15 is 0 Å². The molecule has 8 heteroatoms. The number of hydrogen-bond acceptors (Lipinski definition) is 5. The van der Waals surface area contributed by atoms with E-state index in [4.69, 9.17) is 28.5 Å². The Morgan fingerprint density at radius 2 is 2.00 bits per heavy atom. The number of carbonyl (C=O) groups excluding carboxylic acids is 1. The summed E-state index contributed by atoms with van der Waals surface area (Å²) < 4.78 is 0. The Kier molecular flexibility index (Phi) is 5.88. The van der Waals surface area contributed by atoms with Gasteiger partial charge >= 0.3 is 0 Å². The summed E-state index contributed by atoms with van der Waals surface area (Å²) in [6.45, 7) is -0.0291. The Hall–Kier alpha value is -2.46. The van der Waals surface area contributed by atoms with Crippen LogP contribution in [0, 0.1) is 11.3 Å². The predicted octanol–water partition coefficient (Wildman–Crippen LogP) is 2.73. The number of aromatic hydroxyl groups is 1. The van der Waals surface area contributed by atoms with E-state index in [1.54, 1.807) is 12.1 Å². The molecule has 24 heavy (non-hydrogen) atoms. The summed E-state index contributed by atoms with van der Waals surface area (Å²) >= 11 is 11.8. The number of aliphatic hydroxyl groups is 1. The minimum atomic E-state index is -1.23. The minimum Gasteiger partial charge on any atom is -0.507 e. The van der Waals surface area contributed by atoms with Crippen molar-refractivity contribution in [2.75, 3.05) is 11.9 Å². The van der Waals surface area contributed by atoms with Gasteiger partial charge < -0.3 is 20.8 Å². The van der Waals surface area contributed by atoms with Crippen molar-refractivity contribution in [2.45, 2.75) is 6.23 Å². The average Bonchev–Trinajstić information content (AvgIpc) is 2.55. The maximum absolute atomic E-state index is 12.0. The van der Waals surface area contributed by atoms with Gasteiger partial charge in [0.2, 0.25) is 0 Å². The Morgan fingerprint density at radius 3 is 2.67 bits per heavy atom. The normalized spacial score (nSPS) is 11.4. The largest absolute Gasteiger partial charge is 0.507 e. The third kappa shape index (κ3) is 4.52. The molecule has 0 aliphatic carbocycles. The zero-order chi connectivity index (χ0) is 17.7. The topological polar surface area (TPSA) is 105 Å². The second kappa shape index (κ2) is 7.88. The summed E-state index contributed by atoms with van der Waals surface area (Å²) in [6, 6.07) is 10.6. The van der Waals surface area contributed by atoms with E-state index in [-0.39, 0.29) is 22.9 Å². The van der Waals surface area contributed by atoms with Crippen molar-refractivity contribution in [3.63, 3.8) is 0 Å². The summed E-state index contributed by atoms with van der Waals surface area (Å²) in [5, 5.41) is 34.1. The van der Waals surface area contributed by atoms with Crippen molar-refractivity contribution in [1.82, 2.24) is 5.32 Å². The molecule has 0 bridgehead atoms. The molecule has 0 aliphatic rings. The van der Waals surface area contributed by atoms with Crippen LogP contribution in [0.25, 0.3) is 0 Å². The molecule has 0 fully saturated rings. The molecule has 0 radical (unpaired) electrons. The van der Waals surface area contributed by atoms with E-state index in [9.17, 15) is 15.0 Å². The first-order valence-electron chi connectivity index (χ1n) is 6.81. The molecule has 124 valence electrons. The molecule has 0 saturated carbocycles. The second-order valence-corrected chi connectivity index (χ2v) is 5.68. The van der Waals surface area contributed by atoms with E-state index in [2.05, 4.69) is 10.6 Å². The number of aliphatic hydroxyl groups excluding tert-OH is 1. The van der Waals surface area contributed by atoms with Gasteiger partial charge in [-0.15, -0.1) is 0 Å². The monoisotopic (exact) mass is 365 g/mol. The minimum absolute atomic E-state index is 0.0291. The molecule has 1 atom stereocenters. The quantitative estimate of drug-likeness (QED) is 0.609. The van der Waals surface area contributed by atoms with Crippen molar-refractivity contribution in [3.05, 3.63) is 57.6 Å². The summed E-state index contributed by atoms with van der Waals surface area (Å²) in [7, 11) is 0. The van der Waals surface area contributed by atoms with E-state index in [0.29, 0.717) is 16.3 Å². The number of phenols is 1. The summed E-state index contributed by atoms with van der Waals surface area (Å²) in [5.41, 5.74) is 0.878. The van der Waals surface area contributed by atoms with Gasteiger partial charge in [0.25, 0.3) is 5.91 Å². The van der Waals surface area contributed by atoms with Crippen LogP contribution < -0.4 is 10.6 Å². The summed E-state index contributed by atoms with van der Waals surface area (Å²) in [4.78, 5) is 12.0. The first kappa shape index (κ1) is 17.9. The van der Waals surface area contributed by atoms with Crippen molar-refractivity contribution < 1.29 is 15.0 Å². The predicted molar refractivity (Wildman–Crippen MR) is 91.2 cm³/mol. The number of phenolic OH excluding ortho intramolecular Hbond substituents is 1. The van der Waals surface area contributed by atoms with Crippen LogP contribution in [-0.2, 0) is 0 Å². The van der Waals surface area contributed by atoms with Crippen LogP contribution >= 0.6 is 23.2 Å². The fourth-order valence-corrected chi connectivity index (χ4v) is 2.32. The lowest BCUT2D eigenvalue weighted by Crippen LogP contribution is -2.39. The molecule has 2 aromatic rings. The number of benzene rings is 2. The van der Waals surface area contributed by atoms with Gasteiger partial charge in [-0.05, 0) is 36.4 Å². The molecule has 1 unspecified atom stereocenters. The first-order valence-corrected chi connectivity index (χ1v) is 7.57. The van der Waals surface area contributed by atoms with Crippen LogP contribution in [-0.4, -0.2) is 28.9 Å². The molecule has 0 aliphatic heterocycles. The van der Waals surface area contributed by atoms with Crippen LogP contribution in [0.5, 0.6) is 5.75 Å². The van der Waals surface area contributed by atoms with Gasteiger partial charge in [0.15, 0.2) is 0 Å². The van der Waals surface area contributed by atoms with Crippen LogP contribution in [0.15, 0.2) is 36.4 Å². The Labute approximate surface area is 148 Å². The lowest BCUT2D eigenvalue weighted by Gasteiger charge is -2.16. The van der Waals surface area contributed by atoms with Crippen LogP contribution in [0.4, 0.5) is 5.69 Å². The van der Waals surface area contributed by atoms with Crippen molar-refractivity contribution >= 4 is 34.8 Å². The Morgan fingerprint density at radius 1 is 1.25 bits per heavy atom. The van der Waals surface area contributed by atoms with E-state index < -0.39 is 12.1 Å². The smallest absolute Gasteiger partial charge is 0.257 e. The van der Waals surface area contributed by atoms with E-state index in [1.807, 2.05) is 6.07 Å². The number of amides is 1. The first-order chi connectivity index (χ1) is 11.4. The molecule has 2 aromatic carbocycles. The average molecular weight is 366 g/mol. The zero-order valence-electron chi connectivity index (χ0n) is 12.3. The highest BCUT2D eigenvalue weighted by molar-refractivity contribution is 6.33. The second-order valence-electron chi connectivity index (χ2n) is 4.84. The number of hydrogen-bond donors (Lipinski definition) is 4. The Bertz CT molecular complexity index is 806. The van der Waals surface area contributed by atoms with Gasteiger partial charge in [0, 0.05) is 5.02 Å². The molecule has 4 N–H and O–H groups in total. The fraction of sp³-hybridized carbons (Fsp3) is 0.125. The van der Waals surface area contributed by atoms with Gasteiger partial charge in [0.1, 0.15) is 12.0 Å². The van der Waals surface area contributed by atoms with Crippen LogP contribution in [0.1, 0.15) is 15.9 Å². The number of halogens is 2. The van der Waals surface area contributed by atoms with Crippen LogP contribution in [0.2, 0.25) is 10.0 Å². The van der Waals surface area contributed by atoms with Crippen LogP contribution in [0.3, 0.4) is 0 Å². The van der Waals surface area contributed by atoms with Crippen molar-refractivity contribution in [3.8, 4) is 11.8 Å². The molecule has 0 saturated heterocycles. The van der Waals surface area contributed by atoms with Gasteiger partial charge in [0.05, 0.1) is 34.5 Å². The van der Waals surface area contributed by atoms with Crippen molar-refractivity contribution in [1.29, 1.82) is 5.26 Å². The van der Waals surface area contributed by atoms with E-state index in [0.717, 1.165) is 0 Å². The summed E-state index contributed by atoms with van der Waals surface area (Å²) in [5.74, 6) is -0.914. The highest BCUT2D eigenvalue weighted by Crippen LogP contribution is 2.23. The number of nitriles is 1. The molecule has 2 rings (SSSR count). The Balaban J connectivity index is 1.96. The van der Waals surface area contributed by atoms with Gasteiger partial charge in [-0.3, -0.25) is 4.79 Å². The summed E-state index contributed by atoms with van der Waals surface area (Å²) in [6.07, 6.45) is -1.23. The lowest BCUT2D eigenvalue weighted by atomic mass is 10.2. The molecule has 0 aromatic heterocycles. The number of rotatable bonds is 5.